The van der Waals surface area contributed by atoms with Crippen LogP contribution >= 0.6 is 0 Å². The number of hydrogen-bond acceptors (Lipinski definition) is 3. The van der Waals surface area contributed by atoms with Gasteiger partial charge in [-0.3, -0.25) is 9.19 Å². The molecule has 1 atom stereocenters. The second-order valence-corrected chi connectivity index (χ2v) is 5.24. The van der Waals surface area contributed by atoms with Crippen LogP contribution in [0, 0.1) is 5.82 Å². The Hall–Kier alpha value is -2.08. The molecule has 2 aromatic rings. The SMILES string of the molecule is O=C(O)c1ccc(CS(=O)c2ccc(F)cc2)nc1. The first kappa shape index (κ1) is 13.4. The molecule has 2 rings (SSSR count). The molecule has 0 aliphatic carbocycles. The van der Waals surface area contributed by atoms with E-state index >= 15 is 0 Å². The largest absolute Gasteiger partial charge is 0.478 e. The summed E-state index contributed by atoms with van der Waals surface area (Å²) in [6.07, 6.45) is 1.22. The first-order valence-electron chi connectivity index (χ1n) is 5.38. The number of pyridine rings is 1. The minimum Gasteiger partial charge on any atom is -0.478 e. The number of carboxylic acid groups (broad SMARTS) is 1. The molecule has 0 radical (unpaired) electrons. The summed E-state index contributed by atoms with van der Waals surface area (Å²) < 4.78 is 24.7. The maximum Gasteiger partial charge on any atom is 0.337 e. The molecular formula is C13H10FNO3S. The van der Waals surface area contributed by atoms with Gasteiger partial charge >= 0.3 is 5.97 Å². The predicted molar refractivity (Wildman–Crippen MR) is 67.7 cm³/mol. The summed E-state index contributed by atoms with van der Waals surface area (Å²) in [4.78, 5) is 15.1. The Morgan fingerprint density at radius 3 is 2.42 bits per heavy atom. The van der Waals surface area contributed by atoms with Gasteiger partial charge in [0.1, 0.15) is 5.82 Å². The summed E-state index contributed by atoms with van der Waals surface area (Å²) in [5.41, 5.74) is 0.601. The molecule has 1 aromatic heterocycles. The van der Waals surface area contributed by atoms with Crippen LogP contribution in [0.3, 0.4) is 0 Å². The molecule has 0 aliphatic heterocycles. The molecule has 4 nitrogen and oxygen atoms in total. The van der Waals surface area contributed by atoms with Gasteiger partial charge in [0.05, 0.1) is 27.8 Å². The van der Waals surface area contributed by atoms with Crippen molar-refractivity contribution in [3.05, 3.63) is 59.7 Å². The predicted octanol–water partition coefficient (Wildman–Crippen LogP) is 2.23. The zero-order chi connectivity index (χ0) is 13.8. The lowest BCUT2D eigenvalue weighted by Crippen LogP contribution is -2.02. The Labute approximate surface area is 111 Å². The van der Waals surface area contributed by atoms with E-state index in [1.165, 1.54) is 42.6 Å². The van der Waals surface area contributed by atoms with E-state index < -0.39 is 16.8 Å². The normalized spacial score (nSPS) is 12.1. The van der Waals surface area contributed by atoms with Crippen LogP contribution in [0.25, 0.3) is 0 Å². The molecule has 0 bridgehead atoms. The second-order valence-electron chi connectivity index (χ2n) is 3.79. The minimum absolute atomic E-state index is 0.0799. The third-order valence-electron chi connectivity index (χ3n) is 2.43. The van der Waals surface area contributed by atoms with Crippen LogP contribution in [0.2, 0.25) is 0 Å². The van der Waals surface area contributed by atoms with Crippen molar-refractivity contribution < 1.29 is 18.5 Å². The average Bonchev–Trinajstić information content (AvgIpc) is 2.40. The summed E-state index contributed by atoms with van der Waals surface area (Å²) in [6, 6.07) is 8.33. The Morgan fingerprint density at radius 1 is 1.21 bits per heavy atom. The van der Waals surface area contributed by atoms with Gasteiger partial charge in [0, 0.05) is 11.1 Å². The highest BCUT2D eigenvalue weighted by Crippen LogP contribution is 2.12. The monoisotopic (exact) mass is 279 g/mol. The Balaban J connectivity index is 2.10. The smallest absolute Gasteiger partial charge is 0.337 e. The van der Waals surface area contributed by atoms with Gasteiger partial charge in [-0.2, -0.15) is 0 Å². The van der Waals surface area contributed by atoms with Gasteiger partial charge in [-0.15, -0.1) is 0 Å². The van der Waals surface area contributed by atoms with E-state index in [1.54, 1.807) is 0 Å². The Morgan fingerprint density at radius 2 is 1.89 bits per heavy atom. The molecular weight excluding hydrogens is 269 g/mol. The van der Waals surface area contributed by atoms with Gasteiger partial charge in [0.15, 0.2) is 0 Å². The lowest BCUT2D eigenvalue weighted by atomic mass is 10.2. The van der Waals surface area contributed by atoms with Gasteiger partial charge in [-0.05, 0) is 36.4 Å². The number of carbonyl (C=O) groups is 1. The zero-order valence-electron chi connectivity index (χ0n) is 9.75. The van der Waals surface area contributed by atoms with E-state index in [4.69, 9.17) is 5.11 Å². The van der Waals surface area contributed by atoms with Crippen LogP contribution in [-0.2, 0) is 16.6 Å². The van der Waals surface area contributed by atoms with Crippen molar-refractivity contribution in [1.29, 1.82) is 0 Å². The van der Waals surface area contributed by atoms with Gasteiger partial charge in [0.2, 0.25) is 0 Å². The third-order valence-corrected chi connectivity index (χ3v) is 3.78. The summed E-state index contributed by atoms with van der Waals surface area (Å²) in [5.74, 6) is -1.28. The van der Waals surface area contributed by atoms with Gasteiger partial charge in [-0.1, -0.05) is 0 Å². The summed E-state index contributed by atoms with van der Waals surface area (Å²) in [7, 11) is -1.34. The molecule has 6 heteroatoms. The molecule has 0 saturated heterocycles. The van der Waals surface area contributed by atoms with Crippen LogP contribution in [0.5, 0.6) is 0 Å². The fraction of sp³-hybridized carbons (Fsp3) is 0.0769. The van der Waals surface area contributed by atoms with E-state index in [1.807, 2.05) is 0 Å². The van der Waals surface area contributed by atoms with Crippen molar-refractivity contribution in [3.63, 3.8) is 0 Å². The summed E-state index contributed by atoms with van der Waals surface area (Å²) >= 11 is 0. The number of aromatic nitrogens is 1. The van der Waals surface area contributed by atoms with Crippen LogP contribution < -0.4 is 0 Å². The van der Waals surface area contributed by atoms with Gasteiger partial charge < -0.3 is 5.11 Å². The van der Waals surface area contributed by atoms with Crippen LogP contribution in [0.4, 0.5) is 4.39 Å². The molecule has 0 saturated carbocycles. The van der Waals surface area contributed by atoms with E-state index in [9.17, 15) is 13.4 Å². The standard InChI is InChI=1S/C13H10FNO3S/c14-10-2-5-12(6-3-10)19(18)8-11-4-1-9(7-15-11)13(16)17/h1-7H,8H2,(H,16,17). The van der Waals surface area contributed by atoms with E-state index in [-0.39, 0.29) is 17.1 Å². The van der Waals surface area contributed by atoms with Crippen molar-refractivity contribution in [2.24, 2.45) is 0 Å². The van der Waals surface area contributed by atoms with Crippen molar-refractivity contribution >= 4 is 16.8 Å². The van der Waals surface area contributed by atoms with Crippen molar-refractivity contribution in [3.8, 4) is 0 Å². The lowest BCUT2D eigenvalue weighted by Gasteiger charge is -2.02. The lowest BCUT2D eigenvalue weighted by molar-refractivity contribution is 0.0696. The zero-order valence-corrected chi connectivity index (χ0v) is 10.6. The number of hydrogen-bond donors (Lipinski definition) is 1. The van der Waals surface area contributed by atoms with Crippen LogP contribution in [0.15, 0.2) is 47.5 Å². The number of carboxylic acids is 1. The summed E-state index contributed by atoms with van der Waals surface area (Å²) in [5, 5.41) is 8.73. The molecule has 0 spiro atoms. The molecule has 0 aliphatic rings. The van der Waals surface area contributed by atoms with Crippen molar-refractivity contribution in [2.45, 2.75) is 10.6 Å². The molecule has 19 heavy (non-hydrogen) atoms. The fourth-order valence-corrected chi connectivity index (χ4v) is 2.49. The first-order chi connectivity index (χ1) is 9.06. The number of halogens is 1. The van der Waals surface area contributed by atoms with E-state index in [2.05, 4.69) is 4.98 Å². The van der Waals surface area contributed by atoms with Crippen LogP contribution in [0.1, 0.15) is 16.1 Å². The Bertz CT molecular complexity index is 611. The highest BCUT2D eigenvalue weighted by Gasteiger charge is 2.08. The molecule has 1 unspecified atom stereocenters. The van der Waals surface area contributed by atoms with Crippen molar-refractivity contribution in [1.82, 2.24) is 4.98 Å². The maximum atomic E-state index is 12.7. The van der Waals surface area contributed by atoms with E-state index in [0.717, 1.165) is 0 Å². The maximum absolute atomic E-state index is 12.7. The second kappa shape index (κ2) is 5.71. The molecule has 0 fully saturated rings. The highest BCUT2D eigenvalue weighted by atomic mass is 32.2. The molecule has 1 heterocycles. The first-order valence-corrected chi connectivity index (χ1v) is 6.70. The van der Waals surface area contributed by atoms with Gasteiger partial charge in [-0.25, -0.2) is 9.18 Å². The molecule has 0 amide bonds. The minimum atomic E-state index is -1.34. The third kappa shape index (κ3) is 3.45. The average molecular weight is 279 g/mol. The van der Waals surface area contributed by atoms with Crippen molar-refractivity contribution in [2.75, 3.05) is 0 Å². The summed E-state index contributed by atoms with van der Waals surface area (Å²) in [6.45, 7) is 0. The topological polar surface area (TPSA) is 67.3 Å². The Kier molecular flexibility index (Phi) is 4.01. The molecule has 1 N–H and O–H groups in total. The fourth-order valence-electron chi connectivity index (χ4n) is 1.44. The quantitative estimate of drug-likeness (QED) is 0.932. The number of rotatable bonds is 4. The van der Waals surface area contributed by atoms with Crippen LogP contribution in [-0.4, -0.2) is 20.3 Å². The number of nitrogens with zero attached hydrogens (tertiary/aromatic N) is 1. The number of aromatic carboxylic acids is 1. The highest BCUT2D eigenvalue weighted by molar-refractivity contribution is 7.84. The molecule has 1 aromatic carbocycles. The van der Waals surface area contributed by atoms with E-state index in [0.29, 0.717) is 10.6 Å². The molecule has 98 valence electrons. The van der Waals surface area contributed by atoms with Gasteiger partial charge in [0.25, 0.3) is 0 Å². The number of benzene rings is 1.